The van der Waals surface area contributed by atoms with Crippen LogP contribution in [0.2, 0.25) is 0 Å². The van der Waals surface area contributed by atoms with E-state index in [1.54, 1.807) is 19.1 Å². The van der Waals surface area contributed by atoms with Crippen LogP contribution in [-0.2, 0) is 4.74 Å². The Labute approximate surface area is 120 Å². The second-order valence-electron chi connectivity index (χ2n) is 5.54. The van der Waals surface area contributed by atoms with Crippen LogP contribution in [-0.4, -0.2) is 19.1 Å². The molecule has 0 spiro atoms. The Kier molecular flexibility index (Phi) is 4.88. The third-order valence-corrected chi connectivity index (χ3v) is 4.17. The highest BCUT2D eigenvalue weighted by Crippen LogP contribution is 2.32. The minimum atomic E-state index is -0.318. The van der Waals surface area contributed by atoms with Crippen molar-refractivity contribution in [3.05, 3.63) is 23.8 Å². The quantitative estimate of drug-likeness (QED) is 0.640. The first-order valence-corrected chi connectivity index (χ1v) is 7.43. The fourth-order valence-corrected chi connectivity index (χ4v) is 2.91. The van der Waals surface area contributed by atoms with Gasteiger partial charge in [0, 0.05) is 6.54 Å². The van der Waals surface area contributed by atoms with Crippen LogP contribution in [0.15, 0.2) is 18.2 Å². The molecule has 0 saturated heterocycles. The minimum absolute atomic E-state index is 0.318. The fraction of sp³-hybridized carbons (Fsp3) is 0.562. The molecule has 1 aromatic carbocycles. The van der Waals surface area contributed by atoms with Crippen LogP contribution in [0.4, 0.5) is 11.4 Å². The summed E-state index contributed by atoms with van der Waals surface area (Å²) >= 11 is 0. The van der Waals surface area contributed by atoms with Crippen molar-refractivity contribution in [3.63, 3.8) is 0 Å². The zero-order chi connectivity index (χ0) is 14.5. The molecule has 0 aromatic heterocycles. The highest BCUT2D eigenvalue weighted by atomic mass is 16.5. The molecule has 110 valence electrons. The van der Waals surface area contributed by atoms with E-state index >= 15 is 0 Å². The molecule has 2 rings (SSSR count). The fourth-order valence-electron chi connectivity index (χ4n) is 2.91. The second kappa shape index (κ2) is 6.64. The van der Waals surface area contributed by atoms with E-state index in [4.69, 9.17) is 10.5 Å². The predicted molar refractivity (Wildman–Crippen MR) is 81.8 cm³/mol. The van der Waals surface area contributed by atoms with Crippen molar-refractivity contribution in [3.8, 4) is 0 Å². The maximum Gasteiger partial charge on any atom is 0.340 e. The molecule has 0 aliphatic heterocycles. The molecule has 20 heavy (non-hydrogen) atoms. The van der Waals surface area contributed by atoms with Gasteiger partial charge in [-0.3, -0.25) is 0 Å². The molecular weight excluding hydrogens is 252 g/mol. The predicted octanol–water partition coefficient (Wildman–Crippen LogP) is 3.29. The molecule has 3 N–H and O–H groups in total. The van der Waals surface area contributed by atoms with Gasteiger partial charge in [-0.15, -0.1) is 0 Å². The molecule has 2 unspecified atom stereocenters. The van der Waals surface area contributed by atoms with E-state index in [2.05, 4.69) is 12.2 Å². The summed E-state index contributed by atoms with van der Waals surface area (Å²) in [5, 5.41) is 3.37. The van der Waals surface area contributed by atoms with Crippen molar-refractivity contribution >= 4 is 17.3 Å². The topological polar surface area (TPSA) is 64.3 Å². The molecule has 1 saturated carbocycles. The van der Waals surface area contributed by atoms with Gasteiger partial charge in [0.25, 0.3) is 0 Å². The number of para-hydroxylation sites is 1. The number of nitrogen functional groups attached to an aromatic ring is 1. The number of benzene rings is 1. The van der Waals surface area contributed by atoms with Crippen molar-refractivity contribution in [1.29, 1.82) is 0 Å². The first kappa shape index (κ1) is 14.7. The van der Waals surface area contributed by atoms with Gasteiger partial charge in [0.05, 0.1) is 23.5 Å². The number of rotatable bonds is 5. The van der Waals surface area contributed by atoms with Crippen LogP contribution in [0.1, 0.15) is 43.5 Å². The van der Waals surface area contributed by atoms with E-state index in [1.807, 2.05) is 6.07 Å². The molecule has 1 aliphatic carbocycles. The highest BCUT2D eigenvalue weighted by molar-refractivity contribution is 5.98. The summed E-state index contributed by atoms with van der Waals surface area (Å²) in [6.45, 7) is 5.33. The average molecular weight is 276 g/mol. The SMILES string of the molecule is CCOC(=O)c1cccc(N)c1NCC1CCCC1C. The van der Waals surface area contributed by atoms with Gasteiger partial charge in [-0.25, -0.2) is 4.79 Å². The van der Waals surface area contributed by atoms with E-state index in [9.17, 15) is 4.79 Å². The van der Waals surface area contributed by atoms with Crippen LogP contribution in [0, 0.1) is 11.8 Å². The largest absolute Gasteiger partial charge is 0.462 e. The van der Waals surface area contributed by atoms with Crippen molar-refractivity contribution in [2.24, 2.45) is 11.8 Å². The summed E-state index contributed by atoms with van der Waals surface area (Å²) < 4.78 is 5.08. The zero-order valence-electron chi connectivity index (χ0n) is 12.3. The maximum atomic E-state index is 12.0. The first-order chi connectivity index (χ1) is 9.63. The standard InChI is InChI=1S/C16H24N2O2/c1-3-20-16(19)13-8-5-9-14(17)15(13)18-10-12-7-4-6-11(12)2/h5,8-9,11-12,18H,3-4,6-7,10,17H2,1-2H3. The van der Waals surface area contributed by atoms with Gasteiger partial charge >= 0.3 is 5.97 Å². The van der Waals surface area contributed by atoms with E-state index in [0.717, 1.165) is 12.5 Å². The van der Waals surface area contributed by atoms with Crippen LogP contribution in [0.5, 0.6) is 0 Å². The Morgan fingerprint density at radius 2 is 2.25 bits per heavy atom. The van der Waals surface area contributed by atoms with Crippen molar-refractivity contribution in [1.82, 2.24) is 0 Å². The first-order valence-electron chi connectivity index (χ1n) is 7.43. The molecule has 4 heteroatoms. The van der Waals surface area contributed by atoms with E-state index in [1.165, 1.54) is 19.3 Å². The Morgan fingerprint density at radius 3 is 2.90 bits per heavy atom. The van der Waals surface area contributed by atoms with Gasteiger partial charge in [-0.2, -0.15) is 0 Å². The monoisotopic (exact) mass is 276 g/mol. The van der Waals surface area contributed by atoms with Gasteiger partial charge in [0.2, 0.25) is 0 Å². The summed E-state index contributed by atoms with van der Waals surface area (Å²) in [5.74, 6) is 1.07. The lowest BCUT2D eigenvalue weighted by Gasteiger charge is -2.19. The summed E-state index contributed by atoms with van der Waals surface area (Å²) in [7, 11) is 0. The maximum absolute atomic E-state index is 12.0. The Morgan fingerprint density at radius 1 is 1.45 bits per heavy atom. The van der Waals surface area contributed by atoms with Crippen molar-refractivity contribution < 1.29 is 9.53 Å². The van der Waals surface area contributed by atoms with Gasteiger partial charge in [0.15, 0.2) is 0 Å². The van der Waals surface area contributed by atoms with Crippen LogP contribution in [0.25, 0.3) is 0 Å². The summed E-state index contributed by atoms with van der Waals surface area (Å²) in [4.78, 5) is 12.0. The number of carbonyl (C=O) groups excluding carboxylic acids is 1. The second-order valence-corrected chi connectivity index (χ2v) is 5.54. The number of esters is 1. The molecule has 0 amide bonds. The molecule has 2 atom stereocenters. The third kappa shape index (κ3) is 3.24. The van der Waals surface area contributed by atoms with E-state index in [-0.39, 0.29) is 5.97 Å². The third-order valence-electron chi connectivity index (χ3n) is 4.17. The highest BCUT2D eigenvalue weighted by Gasteiger charge is 2.24. The van der Waals surface area contributed by atoms with E-state index in [0.29, 0.717) is 29.5 Å². The number of ether oxygens (including phenoxy) is 1. The van der Waals surface area contributed by atoms with Crippen molar-refractivity contribution in [2.45, 2.75) is 33.1 Å². The average Bonchev–Trinajstić information content (AvgIpc) is 2.83. The molecule has 1 aromatic rings. The van der Waals surface area contributed by atoms with Gasteiger partial charge < -0.3 is 15.8 Å². The van der Waals surface area contributed by atoms with E-state index < -0.39 is 0 Å². The molecule has 0 heterocycles. The summed E-state index contributed by atoms with van der Waals surface area (Å²) in [5.41, 5.74) is 7.84. The lowest BCUT2D eigenvalue weighted by atomic mass is 9.98. The van der Waals surface area contributed by atoms with Crippen LogP contribution >= 0.6 is 0 Å². The van der Waals surface area contributed by atoms with Gasteiger partial charge in [-0.1, -0.05) is 25.8 Å². The number of nitrogens with one attached hydrogen (secondary N) is 1. The molecule has 0 bridgehead atoms. The molecule has 1 fully saturated rings. The van der Waals surface area contributed by atoms with Crippen LogP contribution < -0.4 is 11.1 Å². The molecule has 0 radical (unpaired) electrons. The lowest BCUT2D eigenvalue weighted by molar-refractivity contribution is 0.0527. The zero-order valence-corrected chi connectivity index (χ0v) is 12.3. The Balaban J connectivity index is 2.11. The number of anilines is 2. The molecular formula is C16H24N2O2. The van der Waals surface area contributed by atoms with Crippen LogP contribution in [0.3, 0.4) is 0 Å². The van der Waals surface area contributed by atoms with Gasteiger partial charge in [-0.05, 0) is 37.3 Å². The molecule has 1 aliphatic rings. The van der Waals surface area contributed by atoms with Crippen molar-refractivity contribution in [2.75, 3.05) is 24.2 Å². The van der Waals surface area contributed by atoms with Gasteiger partial charge in [0.1, 0.15) is 0 Å². The number of carbonyl (C=O) groups is 1. The summed E-state index contributed by atoms with van der Waals surface area (Å²) in [6, 6.07) is 5.35. The Hall–Kier alpha value is -1.71. The number of hydrogen-bond acceptors (Lipinski definition) is 4. The lowest BCUT2D eigenvalue weighted by Crippen LogP contribution is -2.19. The smallest absolute Gasteiger partial charge is 0.340 e. The Bertz CT molecular complexity index is 474. The normalized spacial score (nSPS) is 21.7. The summed E-state index contributed by atoms with van der Waals surface area (Å²) in [6.07, 6.45) is 3.83. The number of nitrogens with two attached hydrogens (primary N) is 1. The number of hydrogen-bond donors (Lipinski definition) is 2. The minimum Gasteiger partial charge on any atom is -0.462 e. The molecule has 4 nitrogen and oxygen atoms in total.